The molecular weight excluding hydrogens is 248 g/mol. The van der Waals surface area contributed by atoms with Gasteiger partial charge in [-0.3, -0.25) is 5.32 Å². The van der Waals surface area contributed by atoms with Gasteiger partial charge in [-0.15, -0.1) is 0 Å². The molecule has 1 unspecified atom stereocenters. The molecule has 1 aromatic carbocycles. The van der Waals surface area contributed by atoms with E-state index >= 15 is 0 Å². The summed E-state index contributed by atoms with van der Waals surface area (Å²) in [7, 11) is 0. The van der Waals surface area contributed by atoms with Crippen LogP contribution >= 0.6 is 12.6 Å². The first-order valence-corrected chi connectivity index (χ1v) is 6.17. The number of ether oxygens (including phenoxy) is 1. The summed E-state index contributed by atoms with van der Waals surface area (Å²) >= 11 is 4.33. The molecule has 0 bridgehead atoms. The van der Waals surface area contributed by atoms with Crippen LogP contribution in [0.4, 0.5) is 10.5 Å². The van der Waals surface area contributed by atoms with E-state index in [0.29, 0.717) is 12.1 Å². The van der Waals surface area contributed by atoms with E-state index in [1.165, 1.54) is 0 Å². The molecule has 1 rings (SSSR count). The number of carbonyl (C=O) groups is 1. The largest absolute Gasteiger partial charge is 0.447 e. The molecule has 5 heteroatoms. The third-order valence-electron chi connectivity index (χ3n) is 2.15. The molecule has 1 atom stereocenters. The number of nitriles is 1. The SMILES string of the molecule is CC(C)OC(=O)Nc1cccc(C(S)CC#N)c1. The maximum absolute atomic E-state index is 11.4. The molecule has 0 aliphatic rings. The molecule has 0 radical (unpaired) electrons. The minimum absolute atomic E-state index is 0.155. The number of carbonyl (C=O) groups excluding carboxylic acids is 1. The molecular formula is C13H16N2O2S. The summed E-state index contributed by atoms with van der Waals surface area (Å²) in [6.45, 7) is 3.57. The van der Waals surface area contributed by atoms with Gasteiger partial charge in [0.05, 0.1) is 18.6 Å². The third-order valence-corrected chi connectivity index (χ3v) is 2.63. The highest BCUT2D eigenvalue weighted by atomic mass is 32.1. The molecule has 96 valence electrons. The zero-order valence-electron chi connectivity index (χ0n) is 10.4. The lowest BCUT2D eigenvalue weighted by Gasteiger charge is -2.12. The van der Waals surface area contributed by atoms with Gasteiger partial charge in [0.25, 0.3) is 0 Å². The summed E-state index contributed by atoms with van der Waals surface area (Å²) in [6.07, 6.45) is -0.328. The summed E-state index contributed by atoms with van der Waals surface area (Å²) in [6, 6.07) is 9.29. The average Bonchev–Trinajstić information content (AvgIpc) is 2.28. The van der Waals surface area contributed by atoms with E-state index in [0.717, 1.165) is 5.56 Å². The first-order chi connectivity index (χ1) is 8.52. The van der Waals surface area contributed by atoms with Crippen LogP contribution in [0.3, 0.4) is 0 Å². The summed E-state index contributed by atoms with van der Waals surface area (Å²) < 4.78 is 4.98. The van der Waals surface area contributed by atoms with Gasteiger partial charge in [0.15, 0.2) is 0 Å². The van der Waals surface area contributed by atoms with E-state index < -0.39 is 6.09 Å². The second kappa shape index (κ2) is 6.92. The van der Waals surface area contributed by atoms with E-state index in [1.54, 1.807) is 32.0 Å². The van der Waals surface area contributed by atoms with Crippen molar-refractivity contribution in [3.05, 3.63) is 29.8 Å². The van der Waals surface area contributed by atoms with Crippen LogP contribution in [-0.2, 0) is 4.74 Å². The summed E-state index contributed by atoms with van der Waals surface area (Å²) in [5, 5.41) is 11.1. The van der Waals surface area contributed by atoms with E-state index in [1.807, 2.05) is 6.07 Å². The highest BCUT2D eigenvalue weighted by Crippen LogP contribution is 2.25. The van der Waals surface area contributed by atoms with Crippen LogP contribution in [0.15, 0.2) is 24.3 Å². The Morgan fingerprint density at radius 1 is 1.56 bits per heavy atom. The molecule has 0 saturated heterocycles. The van der Waals surface area contributed by atoms with Crippen molar-refractivity contribution in [2.75, 3.05) is 5.32 Å². The number of thiol groups is 1. The van der Waals surface area contributed by atoms with Crippen LogP contribution in [0.2, 0.25) is 0 Å². The van der Waals surface area contributed by atoms with Crippen molar-refractivity contribution in [3.63, 3.8) is 0 Å². The lowest BCUT2D eigenvalue weighted by Crippen LogP contribution is -2.18. The van der Waals surface area contributed by atoms with Gasteiger partial charge in [-0.05, 0) is 31.5 Å². The Morgan fingerprint density at radius 3 is 2.89 bits per heavy atom. The number of benzene rings is 1. The van der Waals surface area contributed by atoms with Crippen LogP contribution < -0.4 is 5.32 Å². The fourth-order valence-electron chi connectivity index (χ4n) is 1.39. The van der Waals surface area contributed by atoms with Crippen molar-refractivity contribution < 1.29 is 9.53 Å². The van der Waals surface area contributed by atoms with Gasteiger partial charge in [0.2, 0.25) is 0 Å². The molecule has 0 aromatic heterocycles. The molecule has 0 fully saturated rings. The Balaban J connectivity index is 2.71. The van der Waals surface area contributed by atoms with Crippen LogP contribution in [0, 0.1) is 11.3 Å². The molecule has 0 spiro atoms. The van der Waals surface area contributed by atoms with Crippen LogP contribution in [0.25, 0.3) is 0 Å². The Bertz CT molecular complexity index is 455. The molecule has 0 aliphatic heterocycles. The number of rotatable bonds is 4. The molecule has 1 N–H and O–H groups in total. The Morgan fingerprint density at radius 2 is 2.28 bits per heavy atom. The Labute approximate surface area is 112 Å². The monoisotopic (exact) mass is 264 g/mol. The average molecular weight is 264 g/mol. The van der Waals surface area contributed by atoms with Gasteiger partial charge >= 0.3 is 6.09 Å². The van der Waals surface area contributed by atoms with Crippen molar-refractivity contribution in [3.8, 4) is 6.07 Å². The number of amides is 1. The molecule has 0 heterocycles. The van der Waals surface area contributed by atoms with Crippen LogP contribution in [-0.4, -0.2) is 12.2 Å². The van der Waals surface area contributed by atoms with Gasteiger partial charge in [-0.1, -0.05) is 12.1 Å². The normalized spacial score (nSPS) is 11.7. The zero-order valence-corrected chi connectivity index (χ0v) is 11.3. The minimum atomic E-state index is -0.488. The second-order valence-electron chi connectivity index (χ2n) is 4.08. The smallest absolute Gasteiger partial charge is 0.411 e. The zero-order chi connectivity index (χ0) is 13.5. The molecule has 18 heavy (non-hydrogen) atoms. The number of hydrogen-bond acceptors (Lipinski definition) is 4. The van der Waals surface area contributed by atoms with E-state index in [2.05, 4.69) is 24.0 Å². The van der Waals surface area contributed by atoms with Crippen molar-refractivity contribution >= 4 is 24.4 Å². The van der Waals surface area contributed by atoms with Crippen molar-refractivity contribution in [2.45, 2.75) is 31.6 Å². The molecule has 0 aliphatic carbocycles. The maximum atomic E-state index is 11.4. The fraction of sp³-hybridized carbons (Fsp3) is 0.385. The third kappa shape index (κ3) is 4.68. The van der Waals surface area contributed by atoms with Crippen molar-refractivity contribution in [1.82, 2.24) is 0 Å². The highest BCUT2D eigenvalue weighted by molar-refractivity contribution is 7.80. The van der Waals surface area contributed by atoms with Gasteiger partial charge in [0.1, 0.15) is 0 Å². The Kier molecular flexibility index (Phi) is 5.53. The fourth-order valence-corrected chi connectivity index (χ4v) is 1.63. The molecule has 0 saturated carbocycles. The van der Waals surface area contributed by atoms with E-state index in [-0.39, 0.29) is 11.4 Å². The first-order valence-electron chi connectivity index (χ1n) is 5.65. The standard InChI is InChI=1S/C13H16N2O2S/c1-9(2)17-13(16)15-11-5-3-4-10(8-11)12(18)6-7-14/h3-5,8-9,12,18H,6H2,1-2H3,(H,15,16). The summed E-state index contributed by atoms with van der Waals surface area (Å²) in [5.41, 5.74) is 1.53. The topological polar surface area (TPSA) is 62.1 Å². The number of nitrogens with zero attached hydrogens (tertiary/aromatic N) is 1. The molecule has 1 aromatic rings. The highest BCUT2D eigenvalue weighted by Gasteiger charge is 2.09. The lowest BCUT2D eigenvalue weighted by molar-refractivity contribution is 0.130. The molecule has 1 amide bonds. The van der Waals surface area contributed by atoms with Crippen molar-refractivity contribution in [2.24, 2.45) is 0 Å². The van der Waals surface area contributed by atoms with Gasteiger partial charge in [-0.25, -0.2) is 4.79 Å². The van der Waals surface area contributed by atoms with Gasteiger partial charge < -0.3 is 4.74 Å². The minimum Gasteiger partial charge on any atom is -0.447 e. The first kappa shape index (κ1) is 14.4. The number of anilines is 1. The van der Waals surface area contributed by atoms with E-state index in [9.17, 15) is 4.79 Å². The number of nitrogens with one attached hydrogen (secondary N) is 1. The lowest BCUT2D eigenvalue weighted by atomic mass is 10.1. The predicted molar refractivity (Wildman–Crippen MR) is 73.6 cm³/mol. The predicted octanol–water partition coefficient (Wildman–Crippen LogP) is 3.53. The van der Waals surface area contributed by atoms with E-state index in [4.69, 9.17) is 10.00 Å². The number of hydrogen-bond donors (Lipinski definition) is 2. The summed E-state index contributed by atoms with van der Waals surface area (Å²) in [4.78, 5) is 11.4. The quantitative estimate of drug-likeness (QED) is 0.818. The summed E-state index contributed by atoms with van der Waals surface area (Å²) in [5.74, 6) is 0. The van der Waals surface area contributed by atoms with Gasteiger partial charge in [0, 0.05) is 10.9 Å². The van der Waals surface area contributed by atoms with Crippen LogP contribution in [0.5, 0.6) is 0 Å². The van der Waals surface area contributed by atoms with Crippen molar-refractivity contribution in [1.29, 1.82) is 5.26 Å². The van der Waals surface area contributed by atoms with Gasteiger partial charge in [-0.2, -0.15) is 17.9 Å². The maximum Gasteiger partial charge on any atom is 0.411 e. The molecule has 4 nitrogen and oxygen atoms in total. The Hall–Kier alpha value is -1.67. The second-order valence-corrected chi connectivity index (χ2v) is 4.71. The van der Waals surface area contributed by atoms with Crippen LogP contribution in [0.1, 0.15) is 31.1 Å².